The largest absolute Gasteiger partial charge is 0.477 e. The molecule has 0 aliphatic heterocycles. The van der Waals surface area contributed by atoms with E-state index >= 15 is 0 Å². The molecule has 0 fully saturated rings. The summed E-state index contributed by atoms with van der Waals surface area (Å²) in [5, 5.41) is 8.49. The van der Waals surface area contributed by atoms with Crippen molar-refractivity contribution in [3.8, 4) is 0 Å². The van der Waals surface area contributed by atoms with E-state index in [-0.39, 0.29) is 17.5 Å². The van der Waals surface area contributed by atoms with Gasteiger partial charge in [0.1, 0.15) is 5.69 Å². The minimum Gasteiger partial charge on any atom is -0.477 e. The summed E-state index contributed by atoms with van der Waals surface area (Å²) in [6, 6.07) is 1.09. The molecule has 5 heteroatoms. The Kier molecular flexibility index (Phi) is 2.05. The standard InChI is InChI=1S/C7H5NO4/c9-3-4-5(10)1-2-8-6(4)7(11)12/h1-3H,(H,8,10)(H,11,12). The summed E-state index contributed by atoms with van der Waals surface area (Å²) >= 11 is 0. The quantitative estimate of drug-likeness (QED) is 0.601. The van der Waals surface area contributed by atoms with E-state index in [0.717, 1.165) is 6.07 Å². The molecule has 0 aliphatic rings. The highest BCUT2D eigenvalue weighted by molar-refractivity contribution is 5.94. The van der Waals surface area contributed by atoms with Gasteiger partial charge >= 0.3 is 5.97 Å². The van der Waals surface area contributed by atoms with E-state index in [1.165, 1.54) is 6.20 Å². The van der Waals surface area contributed by atoms with E-state index in [1.807, 2.05) is 0 Å². The van der Waals surface area contributed by atoms with Gasteiger partial charge in [0.2, 0.25) is 0 Å². The molecule has 0 amide bonds. The number of hydrogen-bond donors (Lipinski definition) is 2. The van der Waals surface area contributed by atoms with Crippen molar-refractivity contribution >= 4 is 12.3 Å². The molecule has 0 atom stereocenters. The van der Waals surface area contributed by atoms with Crippen molar-refractivity contribution in [2.24, 2.45) is 0 Å². The van der Waals surface area contributed by atoms with E-state index in [9.17, 15) is 14.4 Å². The monoisotopic (exact) mass is 167 g/mol. The zero-order valence-electron chi connectivity index (χ0n) is 5.90. The molecular formula is C7H5NO4. The minimum atomic E-state index is -1.32. The lowest BCUT2D eigenvalue weighted by atomic mass is 10.2. The maximum Gasteiger partial charge on any atom is 0.353 e. The van der Waals surface area contributed by atoms with Crippen LogP contribution in [0.25, 0.3) is 0 Å². The molecule has 0 bridgehead atoms. The maximum absolute atomic E-state index is 10.9. The summed E-state index contributed by atoms with van der Waals surface area (Å²) in [7, 11) is 0. The predicted molar refractivity (Wildman–Crippen MR) is 39.4 cm³/mol. The van der Waals surface area contributed by atoms with Crippen molar-refractivity contribution in [1.82, 2.24) is 4.98 Å². The molecule has 2 N–H and O–H groups in total. The van der Waals surface area contributed by atoms with Crippen LogP contribution in [0.4, 0.5) is 0 Å². The summed E-state index contributed by atoms with van der Waals surface area (Å²) < 4.78 is 0. The number of hydrogen-bond acceptors (Lipinski definition) is 3. The highest BCUT2D eigenvalue weighted by Gasteiger charge is 2.11. The normalized spacial score (nSPS) is 9.33. The van der Waals surface area contributed by atoms with Crippen LogP contribution in [0.5, 0.6) is 0 Å². The fourth-order valence-corrected chi connectivity index (χ4v) is 0.785. The van der Waals surface area contributed by atoms with Crippen LogP contribution >= 0.6 is 0 Å². The van der Waals surface area contributed by atoms with Gasteiger partial charge in [-0.1, -0.05) is 0 Å². The third kappa shape index (κ3) is 1.24. The number of aromatic amines is 1. The molecular weight excluding hydrogens is 162 g/mol. The zero-order chi connectivity index (χ0) is 9.14. The molecule has 0 saturated heterocycles. The van der Waals surface area contributed by atoms with Crippen molar-refractivity contribution < 1.29 is 14.7 Å². The number of rotatable bonds is 2. The van der Waals surface area contributed by atoms with Crippen molar-refractivity contribution in [2.75, 3.05) is 0 Å². The Hall–Kier alpha value is -1.91. The zero-order valence-corrected chi connectivity index (χ0v) is 5.90. The first kappa shape index (κ1) is 8.19. The molecule has 1 aromatic rings. The number of carbonyl (C=O) groups is 2. The van der Waals surface area contributed by atoms with Gasteiger partial charge in [-0.05, 0) is 0 Å². The Morgan fingerprint density at radius 1 is 1.58 bits per heavy atom. The smallest absolute Gasteiger partial charge is 0.353 e. The highest BCUT2D eigenvalue weighted by Crippen LogP contribution is 1.95. The summed E-state index contributed by atoms with van der Waals surface area (Å²) in [6.07, 6.45) is 1.40. The number of nitrogens with one attached hydrogen (secondary N) is 1. The summed E-state index contributed by atoms with van der Waals surface area (Å²) in [5.74, 6) is -1.32. The number of aromatic nitrogens is 1. The topological polar surface area (TPSA) is 87.2 Å². The Morgan fingerprint density at radius 3 is 2.67 bits per heavy atom. The molecule has 0 aliphatic carbocycles. The Labute approximate surface area is 66.7 Å². The van der Waals surface area contributed by atoms with E-state index in [1.54, 1.807) is 0 Å². The molecule has 0 saturated carbocycles. The summed E-state index contributed by atoms with van der Waals surface area (Å²) in [6.45, 7) is 0. The second kappa shape index (κ2) is 3.00. The van der Waals surface area contributed by atoms with Gasteiger partial charge in [-0.25, -0.2) is 4.79 Å². The van der Waals surface area contributed by atoms with E-state index in [4.69, 9.17) is 5.11 Å². The molecule has 62 valence electrons. The molecule has 12 heavy (non-hydrogen) atoms. The van der Waals surface area contributed by atoms with Crippen LogP contribution in [-0.2, 0) is 0 Å². The Bertz CT molecular complexity index is 379. The predicted octanol–water partition coefficient (Wildman–Crippen LogP) is -0.114. The first-order chi connectivity index (χ1) is 5.66. The second-order valence-corrected chi connectivity index (χ2v) is 2.05. The number of carbonyl (C=O) groups excluding carboxylic acids is 1. The number of aldehydes is 1. The molecule has 1 aromatic heterocycles. The van der Waals surface area contributed by atoms with Crippen molar-refractivity contribution in [1.29, 1.82) is 0 Å². The van der Waals surface area contributed by atoms with Crippen molar-refractivity contribution in [3.63, 3.8) is 0 Å². The van der Waals surface area contributed by atoms with Crippen LogP contribution < -0.4 is 5.43 Å². The third-order valence-electron chi connectivity index (χ3n) is 1.33. The number of aromatic carboxylic acids is 1. The van der Waals surface area contributed by atoms with Gasteiger partial charge in [0, 0.05) is 12.3 Å². The van der Waals surface area contributed by atoms with Gasteiger partial charge in [-0.3, -0.25) is 9.59 Å². The molecule has 0 aromatic carbocycles. The van der Waals surface area contributed by atoms with Gasteiger partial charge in [0.15, 0.2) is 11.7 Å². The van der Waals surface area contributed by atoms with Gasteiger partial charge in [0.05, 0.1) is 5.56 Å². The lowest BCUT2D eigenvalue weighted by molar-refractivity contribution is 0.0687. The van der Waals surface area contributed by atoms with Gasteiger partial charge in [0.25, 0.3) is 0 Å². The molecule has 0 radical (unpaired) electrons. The average Bonchev–Trinajstić information content (AvgIpc) is 2.03. The lowest BCUT2D eigenvalue weighted by Crippen LogP contribution is -2.15. The van der Waals surface area contributed by atoms with E-state index in [2.05, 4.69) is 4.98 Å². The van der Waals surface area contributed by atoms with Crippen LogP contribution in [0.3, 0.4) is 0 Å². The molecule has 0 unspecified atom stereocenters. The number of pyridine rings is 1. The van der Waals surface area contributed by atoms with Gasteiger partial charge < -0.3 is 10.1 Å². The maximum atomic E-state index is 10.9. The van der Waals surface area contributed by atoms with Gasteiger partial charge in [-0.15, -0.1) is 0 Å². The molecule has 0 spiro atoms. The van der Waals surface area contributed by atoms with Crippen LogP contribution in [0.15, 0.2) is 17.1 Å². The lowest BCUT2D eigenvalue weighted by Gasteiger charge is -1.95. The first-order valence-electron chi connectivity index (χ1n) is 3.07. The summed E-state index contributed by atoms with van der Waals surface area (Å²) in [5.41, 5.74) is -1.33. The Balaban J connectivity index is 3.48. The molecule has 1 heterocycles. The fourth-order valence-electron chi connectivity index (χ4n) is 0.785. The highest BCUT2D eigenvalue weighted by atomic mass is 16.4. The minimum absolute atomic E-state index is 0.224. The first-order valence-corrected chi connectivity index (χ1v) is 3.07. The SMILES string of the molecule is O=Cc1c(C(=O)O)[nH]ccc1=O. The summed E-state index contributed by atoms with van der Waals surface area (Å²) in [4.78, 5) is 33.8. The van der Waals surface area contributed by atoms with Crippen LogP contribution in [0.2, 0.25) is 0 Å². The van der Waals surface area contributed by atoms with Crippen molar-refractivity contribution in [2.45, 2.75) is 0 Å². The number of carboxylic acids is 1. The second-order valence-electron chi connectivity index (χ2n) is 2.05. The fraction of sp³-hybridized carbons (Fsp3) is 0. The molecule has 1 rings (SSSR count). The number of carboxylic acid groups (broad SMARTS) is 1. The Morgan fingerprint density at radius 2 is 2.25 bits per heavy atom. The van der Waals surface area contributed by atoms with Crippen LogP contribution in [-0.4, -0.2) is 22.3 Å². The van der Waals surface area contributed by atoms with Gasteiger partial charge in [-0.2, -0.15) is 0 Å². The van der Waals surface area contributed by atoms with Crippen LogP contribution in [0.1, 0.15) is 20.8 Å². The van der Waals surface area contributed by atoms with E-state index in [0.29, 0.717) is 0 Å². The van der Waals surface area contributed by atoms with Crippen LogP contribution in [0, 0.1) is 0 Å². The molecule has 5 nitrogen and oxygen atoms in total. The van der Waals surface area contributed by atoms with Crippen molar-refractivity contribution in [3.05, 3.63) is 33.7 Å². The van der Waals surface area contributed by atoms with E-state index < -0.39 is 11.4 Å². The third-order valence-corrected chi connectivity index (χ3v) is 1.33. The average molecular weight is 167 g/mol. The number of H-pyrrole nitrogens is 1.